The van der Waals surface area contributed by atoms with Crippen LogP contribution in [0.3, 0.4) is 0 Å². The number of aromatic nitrogens is 4. The number of carbonyl (C=O) groups excluding carboxylic acids is 1. The highest BCUT2D eigenvalue weighted by molar-refractivity contribution is 7.99. The van der Waals surface area contributed by atoms with Gasteiger partial charge in [0.2, 0.25) is 5.91 Å². The van der Waals surface area contributed by atoms with E-state index in [1.165, 1.54) is 11.8 Å². The van der Waals surface area contributed by atoms with Crippen molar-refractivity contribution in [3.8, 4) is 21.1 Å². The summed E-state index contributed by atoms with van der Waals surface area (Å²) in [5.74, 6) is 1.07. The SMILES string of the molecule is Cc1cc(NC(=O)CSc2ccc(-c3sc(-c4ccccc4)nc3C)nn2)no1. The van der Waals surface area contributed by atoms with Gasteiger partial charge in [-0.1, -0.05) is 47.3 Å². The summed E-state index contributed by atoms with van der Waals surface area (Å²) < 4.78 is 4.92. The first-order chi connectivity index (χ1) is 14.1. The number of thiazole rings is 1. The van der Waals surface area contributed by atoms with Crippen molar-refractivity contribution in [2.45, 2.75) is 18.9 Å². The van der Waals surface area contributed by atoms with Crippen molar-refractivity contribution >= 4 is 34.8 Å². The van der Waals surface area contributed by atoms with E-state index in [9.17, 15) is 4.79 Å². The van der Waals surface area contributed by atoms with Crippen LogP contribution in [0.5, 0.6) is 0 Å². The van der Waals surface area contributed by atoms with Crippen LogP contribution in [0.1, 0.15) is 11.5 Å². The van der Waals surface area contributed by atoms with Gasteiger partial charge in [-0.25, -0.2) is 4.98 Å². The van der Waals surface area contributed by atoms with Gasteiger partial charge in [0, 0.05) is 11.6 Å². The highest BCUT2D eigenvalue weighted by Gasteiger charge is 2.13. The van der Waals surface area contributed by atoms with Gasteiger partial charge in [-0.3, -0.25) is 4.79 Å². The zero-order valence-electron chi connectivity index (χ0n) is 15.7. The molecule has 0 saturated carbocycles. The molecule has 1 amide bonds. The number of benzene rings is 1. The zero-order chi connectivity index (χ0) is 20.2. The lowest BCUT2D eigenvalue weighted by Crippen LogP contribution is -2.14. The van der Waals surface area contributed by atoms with Crippen LogP contribution in [-0.2, 0) is 4.79 Å². The van der Waals surface area contributed by atoms with Gasteiger partial charge in [0.05, 0.1) is 16.3 Å². The van der Waals surface area contributed by atoms with Crippen LogP contribution in [-0.4, -0.2) is 32.0 Å². The van der Waals surface area contributed by atoms with E-state index < -0.39 is 0 Å². The quantitative estimate of drug-likeness (QED) is 0.453. The number of hydrogen-bond donors (Lipinski definition) is 1. The molecule has 0 fully saturated rings. The Morgan fingerprint density at radius 3 is 2.66 bits per heavy atom. The Bertz CT molecular complexity index is 1120. The van der Waals surface area contributed by atoms with Crippen LogP contribution in [0.2, 0.25) is 0 Å². The van der Waals surface area contributed by atoms with E-state index in [2.05, 4.69) is 25.7 Å². The van der Waals surface area contributed by atoms with Crippen molar-refractivity contribution in [3.63, 3.8) is 0 Å². The van der Waals surface area contributed by atoms with Gasteiger partial charge < -0.3 is 9.84 Å². The molecular weight excluding hydrogens is 406 g/mol. The smallest absolute Gasteiger partial charge is 0.236 e. The zero-order valence-corrected chi connectivity index (χ0v) is 17.4. The van der Waals surface area contributed by atoms with Gasteiger partial charge in [-0.15, -0.1) is 21.5 Å². The topological polar surface area (TPSA) is 93.8 Å². The third-order valence-corrected chi connectivity index (χ3v) is 6.09. The summed E-state index contributed by atoms with van der Waals surface area (Å²) in [6, 6.07) is 15.5. The van der Waals surface area contributed by atoms with Crippen molar-refractivity contribution in [2.24, 2.45) is 0 Å². The summed E-state index contributed by atoms with van der Waals surface area (Å²) >= 11 is 2.90. The average molecular weight is 424 g/mol. The fraction of sp³-hybridized carbons (Fsp3) is 0.150. The maximum atomic E-state index is 12.0. The maximum absolute atomic E-state index is 12.0. The van der Waals surface area contributed by atoms with Crippen molar-refractivity contribution in [3.05, 3.63) is 60.0 Å². The number of nitrogens with one attached hydrogen (secondary N) is 1. The average Bonchev–Trinajstić information content (AvgIpc) is 3.33. The maximum Gasteiger partial charge on any atom is 0.236 e. The van der Waals surface area contributed by atoms with Gasteiger partial charge in [-0.2, -0.15) is 0 Å². The second-order valence-corrected chi connectivity index (χ2v) is 8.21. The van der Waals surface area contributed by atoms with E-state index in [0.29, 0.717) is 16.6 Å². The Balaban J connectivity index is 1.40. The summed E-state index contributed by atoms with van der Waals surface area (Å²) in [6.07, 6.45) is 0. The van der Waals surface area contributed by atoms with E-state index in [0.717, 1.165) is 26.8 Å². The second kappa shape index (κ2) is 8.54. The van der Waals surface area contributed by atoms with E-state index in [1.807, 2.05) is 49.4 Å². The molecule has 4 rings (SSSR count). The Kier molecular flexibility index (Phi) is 5.68. The third-order valence-electron chi connectivity index (χ3n) is 3.94. The van der Waals surface area contributed by atoms with Crippen LogP contribution in [0.15, 0.2) is 58.1 Å². The standard InChI is InChI=1S/C20H17N5O2S2/c1-12-10-16(25-27-12)22-17(26)11-28-18-9-8-15(23-24-18)19-13(2)21-20(29-19)14-6-4-3-5-7-14/h3-10H,11H2,1-2H3,(H,22,25,26). The van der Waals surface area contributed by atoms with E-state index in [4.69, 9.17) is 4.52 Å². The van der Waals surface area contributed by atoms with Gasteiger partial charge in [0.25, 0.3) is 0 Å². The number of carbonyl (C=O) groups is 1. The predicted octanol–water partition coefficient (Wildman–Crippen LogP) is 4.60. The minimum absolute atomic E-state index is 0.181. The monoisotopic (exact) mass is 423 g/mol. The summed E-state index contributed by atoms with van der Waals surface area (Å²) in [6.45, 7) is 3.74. The van der Waals surface area contributed by atoms with E-state index >= 15 is 0 Å². The minimum atomic E-state index is -0.181. The largest absolute Gasteiger partial charge is 0.360 e. The van der Waals surface area contributed by atoms with Crippen LogP contribution >= 0.6 is 23.1 Å². The number of rotatable bonds is 6. The van der Waals surface area contributed by atoms with Crippen LogP contribution < -0.4 is 5.32 Å². The van der Waals surface area contributed by atoms with E-state index in [1.54, 1.807) is 24.3 Å². The van der Waals surface area contributed by atoms with Gasteiger partial charge in [0.1, 0.15) is 21.5 Å². The van der Waals surface area contributed by atoms with Gasteiger partial charge in [-0.05, 0) is 26.0 Å². The molecule has 0 aliphatic heterocycles. The van der Waals surface area contributed by atoms with Gasteiger partial charge in [0.15, 0.2) is 5.82 Å². The Labute approximate surface area is 175 Å². The molecule has 3 heterocycles. The molecule has 29 heavy (non-hydrogen) atoms. The highest BCUT2D eigenvalue weighted by Crippen LogP contribution is 2.34. The molecule has 1 N–H and O–H groups in total. The molecule has 3 aromatic heterocycles. The Hall–Kier alpha value is -3.04. The number of thioether (sulfide) groups is 1. The molecule has 0 bridgehead atoms. The van der Waals surface area contributed by atoms with Crippen molar-refractivity contribution in [1.29, 1.82) is 0 Å². The lowest BCUT2D eigenvalue weighted by Gasteiger charge is -2.02. The molecule has 7 nitrogen and oxygen atoms in total. The van der Waals surface area contributed by atoms with Crippen molar-refractivity contribution in [1.82, 2.24) is 20.3 Å². The molecule has 0 spiro atoms. The van der Waals surface area contributed by atoms with Crippen LogP contribution in [0.25, 0.3) is 21.1 Å². The molecule has 146 valence electrons. The lowest BCUT2D eigenvalue weighted by atomic mass is 10.2. The Morgan fingerprint density at radius 1 is 1.14 bits per heavy atom. The van der Waals surface area contributed by atoms with Gasteiger partial charge >= 0.3 is 0 Å². The number of nitrogens with zero attached hydrogens (tertiary/aromatic N) is 4. The molecular formula is C20H17N5O2S2. The molecule has 0 atom stereocenters. The predicted molar refractivity (Wildman–Crippen MR) is 114 cm³/mol. The summed E-state index contributed by atoms with van der Waals surface area (Å²) in [5.41, 5.74) is 2.78. The fourth-order valence-corrected chi connectivity index (χ4v) is 4.25. The van der Waals surface area contributed by atoms with E-state index in [-0.39, 0.29) is 11.7 Å². The molecule has 4 aromatic rings. The third kappa shape index (κ3) is 4.69. The number of aryl methyl sites for hydroxylation is 2. The highest BCUT2D eigenvalue weighted by atomic mass is 32.2. The van der Waals surface area contributed by atoms with Crippen LogP contribution in [0, 0.1) is 13.8 Å². The molecule has 0 aliphatic carbocycles. The molecule has 1 aromatic carbocycles. The molecule has 0 unspecified atom stereocenters. The first-order valence-corrected chi connectivity index (χ1v) is 10.6. The summed E-state index contributed by atoms with van der Waals surface area (Å²) in [7, 11) is 0. The fourth-order valence-electron chi connectivity index (χ4n) is 2.60. The first-order valence-electron chi connectivity index (χ1n) is 8.81. The number of amides is 1. The number of anilines is 1. The van der Waals surface area contributed by atoms with Crippen molar-refractivity contribution in [2.75, 3.05) is 11.1 Å². The molecule has 9 heteroatoms. The molecule has 0 saturated heterocycles. The lowest BCUT2D eigenvalue weighted by molar-refractivity contribution is -0.113. The number of hydrogen-bond acceptors (Lipinski definition) is 8. The molecule has 0 aliphatic rings. The van der Waals surface area contributed by atoms with Crippen molar-refractivity contribution < 1.29 is 9.32 Å². The summed E-state index contributed by atoms with van der Waals surface area (Å²) in [4.78, 5) is 17.6. The normalized spacial score (nSPS) is 10.8. The summed E-state index contributed by atoms with van der Waals surface area (Å²) in [5, 5.41) is 16.6. The molecule has 0 radical (unpaired) electrons. The Morgan fingerprint density at radius 2 is 1.97 bits per heavy atom. The van der Waals surface area contributed by atoms with Crippen LogP contribution in [0.4, 0.5) is 5.82 Å². The second-order valence-electron chi connectivity index (χ2n) is 6.22. The minimum Gasteiger partial charge on any atom is -0.360 e. The first kappa shape index (κ1) is 19.3.